The molecular weight excluding hydrogens is 256 g/mol. The summed E-state index contributed by atoms with van der Waals surface area (Å²) >= 11 is 0. The summed E-state index contributed by atoms with van der Waals surface area (Å²) < 4.78 is 1.03. The van der Waals surface area contributed by atoms with Crippen molar-refractivity contribution in [1.82, 2.24) is 19.7 Å². The lowest BCUT2D eigenvalue weighted by atomic mass is 10.2. The van der Waals surface area contributed by atoms with Crippen molar-refractivity contribution in [2.45, 2.75) is 0 Å². The van der Waals surface area contributed by atoms with Crippen LogP contribution in [0.1, 0.15) is 11.3 Å². The Kier molecular flexibility index (Phi) is 2.83. The van der Waals surface area contributed by atoms with Crippen LogP contribution in [0.25, 0.3) is 23.2 Å². The molecule has 0 aliphatic carbocycles. The van der Waals surface area contributed by atoms with Crippen molar-refractivity contribution < 1.29 is 0 Å². The standard InChI is InChI=1S/C14H12N4O2/c1-18-13(19)11-10(16-17-12(11)15-14(18)20)8-7-9-5-3-2-4-6-9/h2-8H,1H3,(H2,15,16,17,20)/b8-7+. The van der Waals surface area contributed by atoms with Crippen molar-refractivity contribution in [3.05, 3.63) is 62.4 Å². The van der Waals surface area contributed by atoms with Crippen LogP contribution in [0.15, 0.2) is 39.9 Å². The average Bonchev–Trinajstić information content (AvgIpc) is 2.87. The van der Waals surface area contributed by atoms with Gasteiger partial charge in [-0.05, 0) is 11.6 Å². The van der Waals surface area contributed by atoms with Gasteiger partial charge in [0.15, 0.2) is 5.65 Å². The van der Waals surface area contributed by atoms with E-state index in [0.717, 1.165) is 10.1 Å². The van der Waals surface area contributed by atoms with Gasteiger partial charge >= 0.3 is 5.69 Å². The number of nitrogens with zero attached hydrogens (tertiary/aromatic N) is 2. The topological polar surface area (TPSA) is 83.5 Å². The molecule has 3 aromatic rings. The van der Waals surface area contributed by atoms with E-state index in [1.807, 2.05) is 36.4 Å². The largest absolute Gasteiger partial charge is 0.329 e. The molecule has 0 saturated heterocycles. The SMILES string of the molecule is Cn1c(=O)[nH]c2n[nH]c(/C=C/c3ccccc3)c2c1=O. The fourth-order valence-corrected chi connectivity index (χ4v) is 1.97. The fourth-order valence-electron chi connectivity index (χ4n) is 1.97. The van der Waals surface area contributed by atoms with Crippen LogP contribution in [0.2, 0.25) is 0 Å². The second kappa shape index (κ2) is 4.65. The fraction of sp³-hybridized carbons (Fsp3) is 0.0714. The second-order valence-corrected chi connectivity index (χ2v) is 4.40. The van der Waals surface area contributed by atoms with E-state index in [0.29, 0.717) is 11.1 Å². The first-order valence-corrected chi connectivity index (χ1v) is 6.07. The van der Waals surface area contributed by atoms with E-state index in [1.165, 1.54) is 7.05 Å². The van der Waals surface area contributed by atoms with Crippen molar-refractivity contribution >= 4 is 23.2 Å². The smallest absolute Gasteiger partial charge is 0.290 e. The second-order valence-electron chi connectivity index (χ2n) is 4.40. The van der Waals surface area contributed by atoms with Crippen LogP contribution in [-0.4, -0.2) is 19.7 Å². The Hall–Kier alpha value is -2.89. The molecule has 0 radical (unpaired) electrons. The molecule has 0 amide bonds. The third kappa shape index (κ3) is 1.97. The predicted octanol–water partition coefficient (Wildman–Crippen LogP) is 1.12. The molecule has 0 bridgehead atoms. The van der Waals surface area contributed by atoms with E-state index < -0.39 is 5.69 Å². The van der Waals surface area contributed by atoms with Crippen molar-refractivity contribution in [3.8, 4) is 0 Å². The van der Waals surface area contributed by atoms with Gasteiger partial charge < -0.3 is 0 Å². The highest BCUT2D eigenvalue weighted by molar-refractivity contribution is 5.86. The number of benzene rings is 1. The Morgan fingerprint density at radius 1 is 1.15 bits per heavy atom. The molecule has 2 aromatic heterocycles. The minimum Gasteiger partial charge on any atom is -0.290 e. The van der Waals surface area contributed by atoms with Crippen LogP contribution < -0.4 is 11.2 Å². The first-order valence-electron chi connectivity index (χ1n) is 6.07. The van der Waals surface area contributed by atoms with Gasteiger partial charge in [0.1, 0.15) is 5.39 Å². The summed E-state index contributed by atoms with van der Waals surface area (Å²) in [6, 6.07) is 9.70. The van der Waals surface area contributed by atoms with Crippen LogP contribution in [0, 0.1) is 0 Å². The molecule has 6 heteroatoms. The maximum atomic E-state index is 12.1. The molecule has 0 fully saturated rings. The Bertz CT molecular complexity index is 900. The molecular formula is C14H12N4O2. The number of aromatic amines is 2. The average molecular weight is 268 g/mol. The van der Waals surface area contributed by atoms with E-state index in [4.69, 9.17) is 0 Å². The predicted molar refractivity (Wildman–Crippen MR) is 77.3 cm³/mol. The monoisotopic (exact) mass is 268 g/mol. The molecule has 2 heterocycles. The maximum Gasteiger partial charge on any atom is 0.329 e. The minimum atomic E-state index is -0.479. The van der Waals surface area contributed by atoms with E-state index in [1.54, 1.807) is 6.08 Å². The number of hydrogen-bond acceptors (Lipinski definition) is 3. The van der Waals surface area contributed by atoms with E-state index in [-0.39, 0.29) is 11.2 Å². The van der Waals surface area contributed by atoms with Gasteiger partial charge in [0.05, 0.1) is 5.69 Å². The van der Waals surface area contributed by atoms with Crippen molar-refractivity contribution in [2.24, 2.45) is 7.05 Å². The Labute approximate surface area is 113 Å². The zero-order chi connectivity index (χ0) is 14.1. The highest BCUT2D eigenvalue weighted by Crippen LogP contribution is 2.11. The third-order valence-electron chi connectivity index (χ3n) is 3.08. The number of fused-ring (bicyclic) bond motifs is 1. The van der Waals surface area contributed by atoms with Gasteiger partial charge in [-0.2, -0.15) is 5.10 Å². The number of rotatable bonds is 2. The molecule has 0 atom stereocenters. The summed E-state index contributed by atoms with van der Waals surface area (Å²) in [6.45, 7) is 0. The molecule has 0 spiro atoms. The van der Waals surface area contributed by atoms with Gasteiger partial charge in [-0.25, -0.2) is 4.79 Å². The lowest BCUT2D eigenvalue weighted by Gasteiger charge is -1.95. The summed E-state index contributed by atoms with van der Waals surface area (Å²) in [5.41, 5.74) is 1.00. The molecule has 1 aromatic carbocycles. The summed E-state index contributed by atoms with van der Waals surface area (Å²) in [4.78, 5) is 26.1. The molecule has 100 valence electrons. The van der Waals surface area contributed by atoms with Gasteiger partial charge in [-0.3, -0.25) is 19.4 Å². The van der Waals surface area contributed by atoms with E-state index in [9.17, 15) is 9.59 Å². The summed E-state index contributed by atoms with van der Waals surface area (Å²) in [6.07, 6.45) is 3.64. The molecule has 2 N–H and O–H groups in total. The molecule has 6 nitrogen and oxygen atoms in total. The van der Waals surface area contributed by atoms with Crippen molar-refractivity contribution in [1.29, 1.82) is 0 Å². The van der Waals surface area contributed by atoms with Crippen LogP contribution in [-0.2, 0) is 7.05 Å². The third-order valence-corrected chi connectivity index (χ3v) is 3.08. The lowest BCUT2D eigenvalue weighted by molar-refractivity contribution is 0.792. The molecule has 20 heavy (non-hydrogen) atoms. The molecule has 0 saturated carbocycles. The number of aromatic nitrogens is 4. The summed E-state index contributed by atoms with van der Waals surface area (Å²) in [7, 11) is 1.43. The van der Waals surface area contributed by atoms with Crippen LogP contribution in [0.5, 0.6) is 0 Å². The maximum absolute atomic E-state index is 12.1. The quantitative estimate of drug-likeness (QED) is 0.730. The normalized spacial score (nSPS) is 11.4. The number of nitrogens with one attached hydrogen (secondary N) is 2. The van der Waals surface area contributed by atoms with Gasteiger partial charge in [-0.1, -0.05) is 36.4 Å². The summed E-state index contributed by atoms with van der Waals surface area (Å²) in [5.74, 6) is 0. The highest BCUT2D eigenvalue weighted by Gasteiger charge is 2.10. The zero-order valence-corrected chi connectivity index (χ0v) is 10.8. The van der Waals surface area contributed by atoms with E-state index >= 15 is 0 Å². The number of H-pyrrole nitrogens is 2. The van der Waals surface area contributed by atoms with E-state index in [2.05, 4.69) is 15.2 Å². The first kappa shape index (κ1) is 12.2. The molecule has 0 aliphatic heterocycles. The van der Waals surface area contributed by atoms with Crippen LogP contribution in [0.3, 0.4) is 0 Å². The van der Waals surface area contributed by atoms with Gasteiger partial charge in [0.2, 0.25) is 0 Å². The molecule has 0 aliphatic rings. The van der Waals surface area contributed by atoms with Crippen molar-refractivity contribution in [3.63, 3.8) is 0 Å². The summed E-state index contributed by atoms with van der Waals surface area (Å²) in [5, 5.41) is 7.08. The Morgan fingerprint density at radius 2 is 1.90 bits per heavy atom. The molecule has 3 rings (SSSR count). The minimum absolute atomic E-state index is 0.269. The van der Waals surface area contributed by atoms with Gasteiger partial charge in [-0.15, -0.1) is 0 Å². The highest BCUT2D eigenvalue weighted by atomic mass is 16.2. The number of hydrogen-bond donors (Lipinski definition) is 2. The van der Waals surface area contributed by atoms with Crippen LogP contribution in [0.4, 0.5) is 0 Å². The zero-order valence-electron chi connectivity index (χ0n) is 10.8. The lowest BCUT2D eigenvalue weighted by Crippen LogP contribution is -2.32. The Balaban J connectivity index is 2.14. The van der Waals surface area contributed by atoms with Crippen molar-refractivity contribution in [2.75, 3.05) is 0 Å². The first-order chi connectivity index (χ1) is 9.66. The van der Waals surface area contributed by atoms with Gasteiger partial charge in [0, 0.05) is 7.05 Å². The van der Waals surface area contributed by atoms with Gasteiger partial charge in [0.25, 0.3) is 5.56 Å². The molecule has 0 unspecified atom stereocenters. The Morgan fingerprint density at radius 3 is 2.65 bits per heavy atom. The van der Waals surface area contributed by atoms with Crippen LogP contribution >= 0.6 is 0 Å².